The number of sulfonamides is 1. The van der Waals surface area contributed by atoms with E-state index in [0.29, 0.717) is 23.1 Å². The number of ketones is 1. The summed E-state index contributed by atoms with van der Waals surface area (Å²) in [5.74, 6) is 0.450. The number of rotatable bonds is 6. The van der Waals surface area contributed by atoms with Crippen molar-refractivity contribution in [3.63, 3.8) is 0 Å². The predicted molar refractivity (Wildman–Crippen MR) is 93.7 cm³/mol. The summed E-state index contributed by atoms with van der Waals surface area (Å²) >= 11 is 0. The van der Waals surface area contributed by atoms with E-state index in [9.17, 15) is 18.0 Å². The van der Waals surface area contributed by atoms with Crippen LogP contribution < -0.4 is 4.72 Å². The molecule has 1 aromatic carbocycles. The van der Waals surface area contributed by atoms with Gasteiger partial charge in [-0.05, 0) is 62.3 Å². The molecular formula is C18H23NO5S. The molecule has 4 atom stereocenters. The van der Waals surface area contributed by atoms with Gasteiger partial charge in [0.05, 0.1) is 12.2 Å². The number of anilines is 1. The van der Waals surface area contributed by atoms with Crippen molar-refractivity contribution in [3.05, 3.63) is 29.8 Å². The maximum absolute atomic E-state index is 12.4. The second kappa shape index (κ2) is 6.78. The van der Waals surface area contributed by atoms with Crippen LogP contribution in [0.4, 0.5) is 5.69 Å². The van der Waals surface area contributed by atoms with E-state index in [1.165, 1.54) is 30.7 Å². The number of hydrogen-bond acceptors (Lipinski definition) is 5. The second-order valence-corrected chi connectivity index (χ2v) is 8.92. The molecule has 25 heavy (non-hydrogen) atoms. The third-order valence-electron chi connectivity index (χ3n) is 5.18. The van der Waals surface area contributed by atoms with Gasteiger partial charge in [0.1, 0.15) is 0 Å². The van der Waals surface area contributed by atoms with E-state index in [1.54, 1.807) is 6.92 Å². The average Bonchev–Trinajstić information content (AvgIpc) is 3.16. The Morgan fingerprint density at radius 3 is 2.36 bits per heavy atom. The van der Waals surface area contributed by atoms with E-state index in [2.05, 4.69) is 4.72 Å². The van der Waals surface area contributed by atoms with Crippen molar-refractivity contribution < 1.29 is 22.7 Å². The Morgan fingerprint density at radius 1 is 1.16 bits per heavy atom. The quantitative estimate of drug-likeness (QED) is 0.618. The Balaban J connectivity index is 1.59. The maximum Gasteiger partial charge on any atom is 0.309 e. The monoisotopic (exact) mass is 365 g/mol. The van der Waals surface area contributed by atoms with Crippen LogP contribution in [-0.2, 0) is 19.6 Å². The molecule has 0 spiro atoms. The van der Waals surface area contributed by atoms with Gasteiger partial charge in [0, 0.05) is 11.3 Å². The van der Waals surface area contributed by atoms with Crippen molar-refractivity contribution in [1.29, 1.82) is 0 Å². The number of ether oxygens (including phenoxy) is 1. The Kier molecular flexibility index (Phi) is 4.86. The van der Waals surface area contributed by atoms with Crippen LogP contribution in [0, 0.1) is 17.8 Å². The van der Waals surface area contributed by atoms with E-state index in [1.807, 2.05) is 0 Å². The number of hydrogen-bond donors (Lipinski definition) is 1. The molecule has 136 valence electrons. The lowest BCUT2D eigenvalue weighted by molar-refractivity contribution is -0.153. The van der Waals surface area contributed by atoms with Gasteiger partial charge in [-0.15, -0.1) is 0 Å². The highest BCUT2D eigenvalue weighted by molar-refractivity contribution is 7.92. The third kappa shape index (κ3) is 4.21. The summed E-state index contributed by atoms with van der Waals surface area (Å²) in [6, 6.07) is 6.08. The van der Waals surface area contributed by atoms with Crippen LogP contribution in [0.5, 0.6) is 0 Å². The molecule has 2 saturated carbocycles. The molecule has 0 amide bonds. The minimum atomic E-state index is -3.36. The fourth-order valence-electron chi connectivity index (χ4n) is 4.00. The zero-order valence-electron chi connectivity index (χ0n) is 14.4. The molecule has 2 aliphatic carbocycles. The summed E-state index contributed by atoms with van der Waals surface area (Å²) in [5, 5.41) is 0. The molecule has 2 aliphatic rings. The number of benzene rings is 1. The van der Waals surface area contributed by atoms with Gasteiger partial charge in [0.25, 0.3) is 0 Å². The molecule has 0 saturated heterocycles. The van der Waals surface area contributed by atoms with Gasteiger partial charge in [-0.2, -0.15) is 0 Å². The summed E-state index contributed by atoms with van der Waals surface area (Å²) in [6.45, 7) is 1.58. The van der Waals surface area contributed by atoms with E-state index >= 15 is 0 Å². The summed E-state index contributed by atoms with van der Waals surface area (Å²) < 4.78 is 30.1. The van der Waals surface area contributed by atoms with Crippen LogP contribution in [0.3, 0.4) is 0 Å². The zero-order valence-corrected chi connectivity index (χ0v) is 15.2. The Labute approximate surface area is 148 Å². The number of esters is 1. The third-order valence-corrected chi connectivity index (χ3v) is 5.78. The van der Waals surface area contributed by atoms with Crippen LogP contribution in [0.15, 0.2) is 24.3 Å². The van der Waals surface area contributed by atoms with Crippen molar-refractivity contribution in [3.8, 4) is 0 Å². The Morgan fingerprint density at radius 2 is 1.84 bits per heavy atom. The number of carbonyl (C=O) groups excluding carboxylic acids is 2. The van der Waals surface area contributed by atoms with Gasteiger partial charge in [-0.1, -0.05) is 6.42 Å². The van der Waals surface area contributed by atoms with Crippen LogP contribution in [-0.4, -0.2) is 32.5 Å². The van der Waals surface area contributed by atoms with Crippen molar-refractivity contribution in [2.75, 3.05) is 11.0 Å². The molecule has 0 heterocycles. The van der Waals surface area contributed by atoms with Gasteiger partial charge in [-0.25, -0.2) is 8.42 Å². The molecule has 2 bridgehead atoms. The van der Waals surface area contributed by atoms with Crippen LogP contribution >= 0.6 is 0 Å². The number of fused-ring (bicyclic) bond motifs is 2. The van der Waals surface area contributed by atoms with Crippen molar-refractivity contribution in [2.24, 2.45) is 17.8 Å². The molecule has 0 radical (unpaired) electrons. The zero-order chi connectivity index (χ0) is 18.2. The van der Waals surface area contributed by atoms with Crippen LogP contribution in [0.1, 0.15) is 43.0 Å². The highest BCUT2D eigenvalue weighted by Gasteiger charge is 2.44. The smallest absolute Gasteiger partial charge is 0.309 e. The van der Waals surface area contributed by atoms with E-state index < -0.39 is 16.1 Å². The first-order valence-electron chi connectivity index (χ1n) is 8.55. The van der Waals surface area contributed by atoms with Gasteiger partial charge < -0.3 is 4.74 Å². The molecule has 1 N–H and O–H groups in total. The Hall–Kier alpha value is -1.89. The van der Waals surface area contributed by atoms with Crippen LogP contribution in [0.2, 0.25) is 0 Å². The molecule has 0 aliphatic heterocycles. The molecule has 1 aromatic rings. The van der Waals surface area contributed by atoms with Gasteiger partial charge in [0.15, 0.2) is 6.10 Å². The number of Topliss-reactive ketones (excluding diaryl/α,β-unsaturated/α-hetero) is 1. The lowest BCUT2D eigenvalue weighted by Gasteiger charge is -2.22. The summed E-state index contributed by atoms with van der Waals surface area (Å²) in [7, 11) is -3.36. The molecule has 7 heteroatoms. The van der Waals surface area contributed by atoms with Crippen LogP contribution in [0.25, 0.3) is 0 Å². The topological polar surface area (TPSA) is 89.5 Å². The lowest BCUT2D eigenvalue weighted by Crippen LogP contribution is -2.30. The normalized spacial score (nSPS) is 26.2. The van der Waals surface area contributed by atoms with E-state index in [0.717, 1.165) is 25.5 Å². The minimum Gasteiger partial charge on any atom is -0.454 e. The average molecular weight is 365 g/mol. The molecule has 0 aromatic heterocycles. The molecule has 6 nitrogen and oxygen atoms in total. The van der Waals surface area contributed by atoms with E-state index in [-0.39, 0.29) is 17.7 Å². The van der Waals surface area contributed by atoms with Crippen molar-refractivity contribution in [1.82, 2.24) is 0 Å². The predicted octanol–water partition coefficient (Wildman–Crippen LogP) is 2.61. The van der Waals surface area contributed by atoms with Crippen molar-refractivity contribution in [2.45, 2.75) is 38.7 Å². The fraction of sp³-hybridized carbons (Fsp3) is 0.556. The molecule has 2 fully saturated rings. The highest BCUT2D eigenvalue weighted by Crippen LogP contribution is 2.48. The standard InChI is InChI=1S/C18H23NO5S/c1-11(24-18(21)16-10-12-3-4-14(16)9-12)17(20)13-5-7-15(8-6-13)19-25(2,22)23/h5-8,11-12,14,16,19H,3-4,9-10H2,1-2H3/t11-,12+,14+,16+/m1/s1. The van der Waals surface area contributed by atoms with Gasteiger partial charge in [0.2, 0.25) is 15.8 Å². The largest absolute Gasteiger partial charge is 0.454 e. The summed E-state index contributed by atoms with van der Waals surface area (Å²) in [6.07, 6.45) is 4.50. The van der Waals surface area contributed by atoms with Gasteiger partial charge in [-0.3, -0.25) is 14.3 Å². The first-order valence-corrected chi connectivity index (χ1v) is 10.4. The lowest BCUT2D eigenvalue weighted by atomic mass is 9.89. The molecular weight excluding hydrogens is 342 g/mol. The van der Waals surface area contributed by atoms with Gasteiger partial charge >= 0.3 is 5.97 Å². The molecule has 3 rings (SSSR count). The van der Waals surface area contributed by atoms with E-state index in [4.69, 9.17) is 4.74 Å². The first-order chi connectivity index (χ1) is 11.7. The Bertz CT molecular complexity index is 771. The SMILES string of the molecule is C[C@@H](OC(=O)[C@H]1C[C@H]2CC[C@H]1C2)C(=O)c1ccc(NS(C)(=O)=O)cc1. The minimum absolute atomic E-state index is 0.0599. The fourth-order valence-corrected chi connectivity index (χ4v) is 4.56. The summed E-state index contributed by atoms with van der Waals surface area (Å²) in [5.41, 5.74) is 0.762. The highest BCUT2D eigenvalue weighted by atomic mass is 32.2. The molecule has 0 unspecified atom stereocenters. The first kappa shape index (κ1) is 17.9. The second-order valence-electron chi connectivity index (χ2n) is 7.18. The summed E-state index contributed by atoms with van der Waals surface area (Å²) in [4.78, 5) is 24.8. The van der Waals surface area contributed by atoms with Crippen molar-refractivity contribution >= 4 is 27.5 Å². The number of carbonyl (C=O) groups is 2. The number of nitrogens with one attached hydrogen (secondary N) is 1. The maximum atomic E-state index is 12.4.